The Morgan fingerprint density at radius 3 is 2.74 bits per heavy atom. The third-order valence-electron chi connectivity index (χ3n) is 3.87. The molecule has 2 N–H and O–H groups in total. The largest absolute Gasteiger partial charge is 0.348 e. The van der Waals surface area contributed by atoms with Gasteiger partial charge in [0, 0.05) is 18.2 Å². The predicted molar refractivity (Wildman–Crippen MR) is 77.2 cm³/mol. The molecule has 1 amide bonds. The lowest BCUT2D eigenvalue weighted by atomic mass is 10.0. The zero-order valence-corrected chi connectivity index (χ0v) is 11.0. The molecule has 0 spiro atoms. The molecule has 0 aliphatic carbocycles. The summed E-state index contributed by atoms with van der Waals surface area (Å²) in [7, 11) is 0. The highest BCUT2D eigenvalue weighted by atomic mass is 16.1. The van der Waals surface area contributed by atoms with Crippen LogP contribution >= 0.6 is 0 Å². The topological polar surface area (TPSA) is 41.1 Å². The zero-order chi connectivity index (χ0) is 13.2. The number of nitrogens with one attached hydrogen (secondary N) is 2. The molecule has 0 bridgehead atoms. The van der Waals surface area contributed by atoms with Gasteiger partial charge in [-0.2, -0.15) is 0 Å². The van der Waals surface area contributed by atoms with Crippen LogP contribution in [0.25, 0.3) is 10.8 Å². The number of hydrogen-bond acceptors (Lipinski definition) is 2. The van der Waals surface area contributed by atoms with Crippen LogP contribution in [0.2, 0.25) is 0 Å². The lowest BCUT2D eigenvalue weighted by molar-refractivity contribution is 0.0934. The number of rotatable bonds is 2. The average Bonchev–Trinajstić information content (AvgIpc) is 2.83. The van der Waals surface area contributed by atoms with Crippen molar-refractivity contribution in [2.75, 3.05) is 13.1 Å². The number of amides is 1. The standard InChI is InChI=1S/C16H18N2O/c1-11-9-17-10-15(11)18-16(19)14-8-4-6-12-5-2-3-7-13(12)14/h2-8,11,15,17H,9-10H2,1H3,(H,18,19). The van der Waals surface area contributed by atoms with Gasteiger partial charge in [0.25, 0.3) is 5.91 Å². The van der Waals surface area contributed by atoms with Crippen molar-refractivity contribution in [2.45, 2.75) is 13.0 Å². The Kier molecular flexibility index (Phi) is 3.22. The molecule has 1 aliphatic heterocycles. The van der Waals surface area contributed by atoms with E-state index in [0.29, 0.717) is 5.92 Å². The minimum Gasteiger partial charge on any atom is -0.348 e. The smallest absolute Gasteiger partial charge is 0.252 e. The van der Waals surface area contributed by atoms with Crippen LogP contribution in [0.5, 0.6) is 0 Å². The number of hydrogen-bond donors (Lipinski definition) is 2. The number of fused-ring (bicyclic) bond motifs is 1. The summed E-state index contributed by atoms with van der Waals surface area (Å²) in [5.41, 5.74) is 0.761. The van der Waals surface area contributed by atoms with Crippen LogP contribution in [0.3, 0.4) is 0 Å². The first kappa shape index (κ1) is 12.2. The summed E-state index contributed by atoms with van der Waals surface area (Å²) in [6.45, 7) is 3.99. The van der Waals surface area contributed by atoms with Gasteiger partial charge in [-0.25, -0.2) is 0 Å². The van der Waals surface area contributed by atoms with Gasteiger partial charge < -0.3 is 10.6 Å². The van der Waals surface area contributed by atoms with E-state index in [1.165, 1.54) is 0 Å². The molecule has 98 valence electrons. The van der Waals surface area contributed by atoms with Crippen LogP contribution in [0.4, 0.5) is 0 Å². The zero-order valence-electron chi connectivity index (χ0n) is 11.0. The van der Waals surface area contributed by atoms with Crippen LogP contribution in [-0.2, 0) is 0 Å². The Hall–Kier alpha value is -1.87. The molecule has 19 heavy (non-hydrogen) atoms. The molecular formula is C16H18N2O. The van der Waals surface area contributed by atoms with Crippen LogP contribution < -0.4 is 10.6 Å². The molecular weight excluding hydrogens is 236 g/mol. The Bertz CT molecular complexity index is 603. The highest BCUT2D eigenvalue weighted by molar-refractivity contribution is 6.07. The molecule has 3 rings (SSSR count). The van der Waals surface area contributed by atoms with Crippen molar-refractivity contribution in [1.29, 1.82) is 0 Å². The Labute approximate surface area is 113 Å². The quantitative estimate of drug-likeness (QED) is 0.862. The fraction of sp³-hybridized carbons (Fsp3) is 0.312. The molecule has 3 nitrogen and oxygen atoms in total. The van der Waals surface area contributed by atoms with Crippen LogP contribution in [-0.4, -0.2) is 25.0 Å². The first-order valence-electron chi connectivity index (χ1n) is 6.75. The van der Waals surface area contributed by atoms with Gasteiger partial charge in [-0.15, -0.1) is 0 Å². The molecule has 2 aromatic carbocycles. The number of carbonyl (C=O) groups is 1. The fourth-order valence-corrected chi connectivity index (χ4v) is 2.67. The summed E-state index contributed by atoms with van der Waals surface area (Å²) in [4.78, 5) is 12.4. The van der Waals surface area contributed by atoms with E-state index in [2.05, 4.69) is 17.6 Å². The minimum atomic E-state index is 0.0253. The summed E-state index contributed by atoms with van der Waals surface area (Å²) in [5.74, 6) is 0.510. The van der Waals surface area contributed by atoms with E-state index in [4.69, 9.17) is 0 Å². The van der Waals surface area contributed by atoms with Crippen molar-refractivity contribution in [3.8, 4) is 0 Å². The van der Waals surface area contributed by atoms with Crippen LogP contribution in [0.15, 0.2) is 42.5 Å². The van der Waals surface area contributed by atoms with E-state index in [-0.39, 0.29) is 11.9 Å². The van der Waals surface area contributed by atoms with Gasteiger partial charge in [0.1, 0.15) is 0 Å². The molecule has 0 aromatic heterocycles. The van der Waals surface area contributed by atoms with Crippen molar-refractivity contribution in [3.63, 3.8) is 0 Å². The lowest BCUT2D eigenvalue weighted by Gasteiger charge is -2.17. The van der Waals surface area contributed by atoms with E-state index in [0.717, 1.165) is 29.4 Å². The van der Waals surface area contributed by atoms with Crippen molar-refractivity contribution < 1.29 is 4.79 Å². The summed E-state index contributed by atoms with van der Waals surface area (Å²) in [6, 6.07) is 14.1. The van der Waals surface area contributed by atoms with E-state index in [1.54, 1.807) is 0 Å². The number of benzene rings is 2. The maximum atomic E-state index is 12.4. The van der Waals surface area contributed by atoms with Gasteiger partial charge in [-0.1, -0.05) is 43.3 Å². The fourth-order valence-electron chi connectivity index (χ4n) is 2.67. The molecule has 2 aromatic rings. The Balaban J connectivity index is 1.89. The van der Waals surface area contributed by atoms with Crippen molar-refractivity contribution in [3.05, 3.63) is 48.0 Å². The van der Waals surface area contributed by atoms with Gasteiger partial charge in [0.2, 0.25) is 0 Å². The van der Waals surface area contributed by atoms with E-state index >= 15 is 0 Å². The Morgan fingerprint density at radius 1 is 1.16 bits per heavy atom. The molecule has 0 saturated carbocycles. The first-order valence-corrected chi connectivity index (χ1v) is 6.75. The van der Waals surface area contributed by atoms with Crippen molar-refractivity contribution in [1.82, 2.24) is 10.6 Å². The van der Waals surface area contributed by atoms with Gasteiger partial charge in [0.15, 0.2) is 0 Å². The summed E-state index contributed by atoms with van der Waals surface area (Å²) < 4.78 is 0. The summed E-state index contributed by atoms with van der Waals surface area (Å²) in [6.07, 6.45) is 0. The second-order valence-corrected chi connectivity index (χ2v) is 5.24. The van der Waals surface area contributed by atoms with Gasteiger partial charge in [-0.05, 0) is 29.3 Å². The van der Waals surface area contributed by atoms with E-state index < -0.39 is 0 Å². The predicted octanol–water partition coefficient (Wildman–Crippen LogP) is 2.18. The van der Waals surface area contributed by atoms with Gasteiger partial charge in [0.05, 0.1) is 0 Å². The summed E-state index contributed by atoms with van der Waals surface area (Å²) >= 11 is 0. The maximum Gasteiger partial charge on any atom is 0.252 e. The molecule has 1 fully saturated rings. The Morgan fingerprint density at radius 2 is 1.95 bits per heavy atom. The first-order chi connectivity index (χ1) is 9.25. The monoisotopic (exact) mass is 254 g/mol. The maximum absolute atomic E-state index is 12.4. The van der Waals surface area contributed by atoms with Crippen LogP contribution in [0.1, 0.15) is 17.3 Å². The van der Waals surface area contributed by atoms with Crippen molar-refractivity contribution >= 4 is 16.7 Å². The summed E-state index contributed by atoms with van der Waals surface area (Å²) in [5, 5.41) is 8.56. The van der Waals surface area contributed by atoms with E-state index in [1.807, 2.05) is 42.5 Å². The molecule has 0 radical (unpaired) electrons. The highest BCUT2D eigenvalue weighted by Gasteiger charge is 2.25. The van der Waals surface area contributed by atoms with Gasteiger partial charge in [-0.3, -0.25) is 4.79 Å². The molecule has 2 unspecified atom stereocenters. The lowest BCUT2D eigenvalue weighted by Crippen LogP contribution is -2.39. The van der Waals surface area contributed by atoms with E-state index in [9.17, 15) is 4.79 Å². The molecule has 1 saturated heterocycles. The SMILES string of the molecule is CC1CNCC1NC(=O)c1cccc2ccccc12. The molecule has 1 heterocycles. The molecule has 3 heteroatoms. The van der Waals surface area contributed by atoms with Crippen LogP contribution in [0, 0.1) is 5.92 Å². The second kappa shape index (κ2) is 5.02. The number of carbonyl (C=O) groups excluding carboxylic acids is 1. The molecule has 1 aliphatic rings. The third-order valence-corrected chi connectivity index (χ3v) is 3.87. The second-order valence-electron chi connectivity index (χ2n) is 5.24. The third kappa shape index (κ3) is 2.34. The normalized spacial score (nSPS) is 22.6. The average molecular weight is 254 g/mol. The van der Waals surface area contributed by atoms with Gasteiger partial charge >= 0.3 is 0 Å². The van der Waals surface area contributed by atoms with Crippen molar-refractivity contribution in [2.24, 2.45) is 5.92 Å². The molecule has 2 atom stereocenters. The highest BCUT2D eigenvalue weighted by Crippen LogP contribution is 2.19. The minimum absolute atomic E-state index is 0.0253.